The van der Waals surface area contributed by atoms with Crippen LogP contribution in [0, 0.1) is 6.92 Å². The third-order valence-electron chi connectivity index (χ3n) is 4.95. The van der Waals surface area contributed by atoms with Gasteiger partial charge in [-0.1, -0.05) is 6.07 Å². The number of fused-ring (bicyclic) bond motifs is 1. The van der Waals surface area contributed by atoms with Crippen LogP contribution in [0.15, 0.2) is 18.5 Å². The monoisotopic (exact) mass is 301 g/mol. The van der Waals surface area contributed by atoms with Gasteiger partial charge in [0.1, 0.15) is 12.1 Å². The molecule has 118 valence electrons. The van der Waals surface area contributed by atoms with Gasteiger partial charge in [0.25, 0.3) is 0 Å². The zero-order chi connectivity index (χ0) is 14.9. The molecule has 2 fully saturated rings. The van der Waals surface area contributed by atoms with Crippen molar-refractivity contribution in [1.82, 2.24) is 19.5 Å². The number of rotatable bonds is 2. The SMILES string of the molecule is Cc1ccc(N2CCC(N3CCOCC3)CC2)n2ncnc12. The number of nitrogens with zero attached hydrogens (tertiary/aromatic N) is 5. The average molecular weight is 301 g/mol. The lowest BCUT2D eigenvalue weighted by Crippen LogP contribution is -2.49. The molecule has 6 nitrogen and oxygen atoms in total. The average Bonchev–Trinajstić information content (AvgIpc) is 3.07. The molecule has 2 aromatic heterocycles. The third-order valence-corrected chi connectivity index (χ3v) is 4.95. The molecule has 0 N–H and O–H groups in total. The molecule has 0 spiro atoms. The molecule has 0 unspecified atom stereocenters. The highest BCUT2D eigenvalue weighted by molar-refractivity contribution is 5.55. The Morgan fingerprint density at radius 3 is 2.64 bits per heavy atom. The van der Waals surface area contributed by atoms with Crippen LogP contribution in [0.25, 0.3) is 5.65 Å². The Labute approximate surface area is 130 Å². The normalized spacial score (nSPS) is 21.6. The van der Waals surface area contributed by atoms with Crippen molar-refractivity contribution in [2.75, 3.05) is 44.3 Å². The van der Waals surface area contributed by atoms with Gasteiger partial charge in [-0.3, -0.25) is 4.90 Å². The number of pyridine rings is 1. The van der Waals surface area contributed by atoms with Crippen LogP contribution in [0.1, 0.15) is 18.4 Å². The van der Waals surface area contributed by atoms with Gasteiger partial charge in [-0.05, 0) is 31.4 Å². The molecule has 0 radical (unpaired) electrons. The van der Waals surface area contributed by atoms with Crippen LogP contribution >= 0.6 is 0 Å². The summed E-state index contributed by atoms with van der Waals surface area (Å²) in [6.07, 6.45) is 4.07. The summed E-state index contributed by atoms with van der Waals surface area (Å²) in [6.45, 7) is 8.19. The van der Waals surface area contributed by atoms with Crippen molar-refractivity contribution in [3.05, 3.63) is 24.0 Å². The van der Waals surface area contributed by atoms with Gasteiger partial charge in [-0.15, -0.1) is 0 Å². The van der Waals surface area contributed by atoms with Gasteiger partial charge in [0.2, 0.25) is 0 Å². The summed E-state index contributed by atoms with van der Waals surface area (Å²) >= 11 is 0. The third kappa shape index (κ3) is 2.46. The lowest BCUT2D eigenvalue weighted by molar-refractivity contribution is 0.0114. The number of aryl methyl sites for hydroxylation is 1. The summed E-state index contributed by atoms with van der Waals surface area (Å²) in [7, 11) is 0. The van der Waals surface area contributed by atoms with Crippen LogP contribution in [-0.4, -0.2) is 64.9 Å². The van der Waals surface area contributed by atoms with Crippen molar-refractivity contribution in [1.29, 1.82) is 0 Å². The second-order valence-corrected chi connectivity index (χ2v) is 6.24. The van der Waals surface area contributed by atoms with E-state index in [4.69, 9.17) is 4.74 Å². The van der Waals surface area contributed by atoms with Crippen LogP contribution in [0.3, 0.4) is 0 Å². The maximum Gasteiger partial charge on any atom is 0.160 e. The highest BCUT2D eigenvalue weighted by Crippen LogP contribution is 2.24. The van der Waals surface area contributed by atoms with Crippen LogP contribution in [0.2, 0.25) is 0 Å². The zero-order valence-electron chi connectivity index (χ0n) is 13.1. The molecule has 4 heterocycles. The van der Waals surface area contributed by atoms with Crippen molar-refractivity contribution >= 4 is 11.5 Å². The molecule has 0 saturated carbocycles. The second kappa shape index (κ2) is 5.85. The summed E-state index contributed by atoms with van der Waals surface area (Å²) in [5.41, 5.74) is 2.14. The Kier molecular flexibility index (Phi) is 3.72. The molecule has 2 saturated heterocycles. The first kappa shape index (κ1) is 14.0. The largest absolute Gasteiger partial charge is 0.379 e. The number of ether oxygens (including phenoxy) is 1. The lowest BCUT2D eigenvalue weighted by Gasteiger charge is -2.40. The summed E-state index contributed by atoms with van der Waals surface area (Å²) in [5.74, 6) is 1.17. The summed E-state index contributed by atoms with van der Waals surface area (Å²) in [4.78, 5) is 9.41. The van der Waals surface area contributed by atoms with Gasteiger partial charge in [0.15, 0.2) is 5.65 Å². The number of piperidine rings is 1. The molecule has 0 amide bonds. The molecular formula is C16H23N5O. The summed E-state index contributed by atoms with van der Waals surface area (Å²) in [6, 6.07) is 5.02. The standard InChI is InChI=1S/C16H23N5O/c1-13-2-3-15(21-16(13)17-12-18-21)20-6-4-14(5-7-20)19-8-10-22-11-9-19/h2-3,12,14H,4-11H2,1H3. The van der Waals surface area contributed by atoms with Gasteiger partial charge in [0.05, 0.1) is 13.2 Å². The molecule has 2 aliphatic heterocycles. The van der Waals surface area contributed by atoms with Crippen molar-refractivity contribution in [2.24, 2.45) is 0 Å². The number of aromatic nitrogens is 3. The van der Waals surface area contributed by atoms with E-state index in [1.54, 1.807) is 6.33 Å². The van der Waals surface area contributed by atoms with Crippen LogP contribution in [0.5, 0.6) is 0 Å². The van der Waals surface area contributed by atoms with Crippen molar-refractivity contribution < 1.29 is 4.74 Å². The fourth-order valence-corrected chi connectivity index (χ4v) is 3.66. The van der Waals surface area contributed by atoms with Crippen molar-refractivity contribution in [3.8, 4) is 0 Å². The van der Waals surface area contributed by atoms with E-state index in [0.717, 1.165) is 45.0 Å². The Morgan fingerprint density at radius 2 is 1.86 bits per heavy atom. The fourth-order valence-electron chi connectivity index (χ4n) is 3.66. The van der Waals surface area contributed by atoms with Crippen LogP contribution in [-0.2, 0) is 4.74 Å². The van der Waals surface area contributed by atoms with Gasteiger partial charge < -0.3 is 9.64 Å². The Balaban J connectivity index is 1.48. The molecule has 2 aromatic rings. The first-order valence-electron chi connectivity index (χ1n) is 8.19. The van der Waals surface area contributed by atoms with Gasteiger partial charge in [-0.25, -0.2) is 4.98 Å². The van der Waals surface area contributed by atoms with E-state index in [1.807, 2.05) is 4.52 Å². The second-order valence-electron chi connectivity index (χ2n) is 6.24. The molecule has 0 atom stereocenters. The first-order valence-corrected chi connectivity index (χ1v) is 8.19. The molecule has 0 aliphatic carbocycles. The molecule has 6 heteroatoms. The minimum absolute atomic E-state index is 0.705. The van der Waals surface area contributed by atoms with Gasteiger partial charge in [0, 0.05) is 32.2 Å². The van der Waals surface area contributed by atoms with E-state index in [1.165, 1.54) is 24.2 Å². The lowest BCUT2D eigenvalue weighted by atomic mass is 10.0. The highest BCUT2D eigenvalue weighted by atomic mass is 16.5. The van der Waals surface area contributed by atoms with Crippen LogP contribution < -0.4 is 4.90 Å². The topological polar surface area (TPSA) is 45.9 Å². The Bertz CT molecular complexity index is 641. The number of hydrogen-bond donors (Lipinski definition) is 0. The maximum atomic E-state index is 5.46. The number of anilines is 1. The van der Waals surface area contributed by atoms with Gasteiger partial charge >= 0.3 is 0 Å². The predicted octanol–water partition coefficient (Wildman–Crippen LogP) is 1.34. The smallest absolute Gasteiger partial charge is 0.160 e. The minimum Gasteiger partial charge on any atom is -0.379 e. The maximum absolute atomic E-state index is 5.46. The molecule has 0 bridgehead atoms. The summed E-state index contributed by atoms with van der Waals surface area (Å²) in [5, 5.41) is 4.40. The zero-order valence-corrected chi connectivity index (χ0v) is 13.1. The number of morpholine rings is 1. The van der Waals surface area contributed by atoms with Crippen LogP contribution in [0.4, 0.5) is 5.82 Å². The van der Waals surface area contributed by atoms with E-state index in [9.17, 15) is 0 Å². The van der Waals surface area contributed by atoms with E-state index < -0.39 is 0 Å². The fraction of sp³-hybridized carbons (Fsp3) is 0.625. The summed E-state index contributed by atoms with van der Waals surface area (Å²) < 4.78 is 7.44. The van der Waals surface area contributed by atoms with E-state index >= 15 is 0 Å². The molecule has 22 heavy (non-hydrogen) atoms. The van der Waals surface area contributed by atoms with Crippen molar-refractivity contribution in [3.63, 3.8) is 0 Å². The molecule has 4 rings (SSSR count). The molecule has 0 aromatic carbocycles. The first-order chi connectivity index (χ1) is 10.8. The van der Waals surface area contributed by atoms with E-state index in [0.29, 0.717) is 6.04 Å². The van der Waals surface area contributed by atoms with E-state index in [-0.39, 0.29) is 0 Å². The Morgan fingerprint density at radius 1 is 1.09 bits per heavy atom. The minimum atomic E-state index is 0.705. The Hall–Kier alpha value is -1.66. The quantitative estimate of drug-likeness (QED) is 0.837. The van der Waals surface area contributed by atoms with Gasteiger partial charge in [-0.2, -0.15) is 9.61 Å². The number of hydrogen-bond acceptors (Lipinski definition) is 5. The van der Waals surface area contributed by atoms with Crippen molar-refractivity contribution in [2.45, 2.75) is 25.8 Å². The molecular weight excluding hydrogens is 278 g/mol. The predicted molar refractivity (Wildman–Crippen MR) is 85.4 cm³/mol. The van der Waals surface area contributed by atoms with E-state index in [2.05, 4.69) is 38.9 Å². The molecule has 2 aliphatic rings. The highest BCUT2D eigenvalue weighted by Gasteiger charge is 2.26.